The maximum atomic E-state index is 11.4. The van der Waals surface area contributed by atoms with Gasteiger partial charge in [-0.05, 0) is 11.8 Å². The van der Waals surface area contributed by atoms with Crippen LogP contribution in [0.5, 0.6) is 0 Å². The fourth-order valence-electron chi connectivity index (χ4n) is 1.60. The van der Waals surface area contributed by atoms with Crippen LogP contribution in [0.4, 0.5) is 0 Å². The van der Waals surface area contributed by atoms with Crippen LogP contribution in [0.15, 0.2) is 0 Å². The number of carbonyl (C=O) groups is 1. The summed E-state index contributed by atoms with van der Waals surface area (Å²) in [6, 6.07) is 0. The Kier molecular flexibility index (Phi) is 5.39. The number of hydrogen-bond donors (Lipinski definition) is 0. The number of carbonyl (C=O) groups excluding carboxylic acids is 1. The number of ether oxygens (including phenoxy) is 1. The van der Waals surface area contributed by atoms with Crippen molar-refractivity contribution in [2.75, 3.05) is 7.11 Å². The van der Waals surface area contributed by atoms with Gasteiger partial charge in [0, 0.05) is 3.42 Å². The van der Waals surface area contributed by atoms with Crippen molar-refractivity contribution < 1.29 is 9.53 Å². The normalized spacial score (nSPS) is 15.1. The van der Waals surface area contributed by atoms with Gasteiger partial charge in [-0.15, -0.1) is 0 Å². The van der Waals surface area contributed by atoms with Gasteiger partial charge in [0.05, 0.1) is 7.11 Å². The Hall–Kier alpha value is 0.680. The lowest BCUT2D eigenvalue weighted by Gasteiger charge is -2.33. The molecule has 0 amide bonds. The minimum atomic E-state index is -0.242. The summed E-state index contributed by atoms with van der Waals surface area (Å²) < 4.78 is 4.91. The summed E-state index contributed by atoms with van der Waals surface area (Å²) in [5.74, 6) is -0.198. The molecular formula is C10H18BrIO2. The van der Waals surface area contributed by atoms with Crippen molar-refractivity contribution in [3.05, 3.63) is 0 Å². The smallest absolute Gasteiger partial charge is 0.319 e. The van der Waals surface area contributed by atoms with Gasteiger partial charge in [-0.25, -0.2) is 0 Å². The fraction of sp³-hybridized carbons (Fsp3) is 0.900. The van der Waals surface area contributed by atoms with E-state index < -0.39 is 0 Å². The predicted octanol–water partition coefficient (Wildman–Crippen LogP) is 3.55. The Morgan fingerprint density at radius 3 is 2.14 bits per heavy atom. The summed E-state index contributed by atoms with van der Waals surface area (Å²) in [6.45, 7) is 8.46. The van der Waals surface area contributed by atoms with Gasteiger partial charge in [0.25, 0.3) is 0 Å². The highest BCUT2D eigenvalue weighted by Crippen LogP contribution is 2.39. The van der Waals surface area contributed by atoms with Crippen LogP contribution in [0.25, 0.3) is 0 Å². The maximum absolute atomic E-state index is 11.4. The molecule has 0 aliphatic rings. The molecule has 1 unspecified atom stereocenters. The summed E-state index contributed by atoms with van der Waals surface area (Å²) in [5, 5.41) is 0. The van der Waals surface area contributed by atoms with E-state index in [0.717, 1.165) is 6.42 Å². The number of esters is 1. The first kappa shape index (κ1) is 14.7. The van der Waals surface area contributed by atoms with Crippen molar-refractivity contribution >= 4 is 44.5 Å². The monoisotopic (exact) mass is 376 g/mol. The molecule has 84 valence electrons. The first-order valence-corrected chi connectivity index (χ1v) is 6.50. The average molecular weight is 377 g/mol. The van der Waals surface area contributed by atoms with Crippen LogP contribution < -0.4 is 0 Å². The summed E-state index contributed by atoms with van der Waals surface area (Å²) in [5.41, 5.74) is -0.0994. The molecule has 0 radical (unpaired) electrons. The fourth-order valence-corrected chi connectivity index (χ4v) is 2.93. The Labute approximate surface area is 108 Å². The molecule has 0 heterocycles. The second-order valence-electron chi connectivity index (χ2n) is 4.77. The molecule has 0 aliphatic carbocycles. The zero-order valence-corrected chi connectivity index (χ0v) is 13.1. The summed E-state index contributed by atoms with van der Waals surface area (Å²) in [6.07, 6.45) is 0.950. The molecule has 14 heavy (non-hydrogen) atoms. The van der Waals surface area contributed by atoms with Gasteiger partial charge < -0.3 is 4.74 Å². The Morgan fingerprint density at radius 1 is 1.43 bits per heavy atom. The molecule has 0 aromatic rings. The van der Waals surface area contributed by atoms with Crippen LogP contribution in [0, 0.1) is 5.41 Å². The number of halogens is 2. The lowest BCUT2D eigenvalue weighted by molar-refractivity contribution is -0.141. The van der Waals surface area contributed by atoms with Gasteiger partial charge in [0.1, 0.15) is 4.83 Å². The van der Waals surface area contributed by atoms with Crippen LogP contribution in [-0.2, 0) is 9.53 Å². The number of rotatable bonds is 4. The van der Waals surface area contributed by atoms with Gasteiger partial charge in [-0.2, -0.15) is 0 Å². The quantitative estimate of drug-likeness (QED) is 0.426. The molecule has 0 N–H and O–H groups in total. The Balaban J connectivity index is 4.53. The predicted molar refractivity (Wildman–Crippen MR) is 71.2 cm³/mol. The van der Waals surface area contributed by atoms with Gasteiger partial charge in [-0.1, -0.05) is 66.2 Å². The summed E-state index contributed by atoms with van der Waals surface area (Å²) in [4.78, 5) is 11.1. The van der Waals surface area contributed by atoms with Crippen LogP contribution in [0.2, 0.25) is 0 Å². The van der Waals surface area contributed by atoms with Crippen LogP contribution in [0.3, 0.4) is 0 Å². The van der Waals surface area contributed by atoms with E-state index in [9.17, 15) is 4.79 Å². The van der Waals surface area contributed by atoms with E-state index in [1.807, 2.05) is 0 Å². The molecule has 0 aromatic carbocycles. The minimum Gasteiger partial charge on any atom is -0.468 e. The highest BCUT2D eigenvalue weighted by Gasteiger charge is 2.37. The Bertz CT molecular complexity index is 209. The molecule has 0 spiro atoms. The molecule has 0 saturated heterocycles. The molecule has 0 aliphatic heterocycles. The molecule has 4 heteroatoms. The number of alkyl halides is 2. The molecule has 0 aromatic heterocycles. The maximum Gasteiger partial charge on any atom is 0.319 e. The summed E-state index contributed by atoms with van der Waals surface area (Å²) >= 11 is 5.80. The SMILES string of the molecule is COC(=O)C(Br)C(C)(C)CC(C)(C)I. The van der Waals surface area contributed by atoms with Crippen molar-refractivity contribution in [3.63, 3.8) is 0 Å². The van der Waals surface area contributed by atoms with E-state index in [-0.39, 0.29) is 19.6 Å². The van der Waals surface area contributed by atoms with Crippen molar-refractivity contribution in [1.29, 1.82) is 0 Å². The van der Waals surface area contributed by atoms with E-state index in [4.69, 9.17) is 4.74 Å². The zero-order valence-electron chi connectivity index (χ0n) is 9.36. The first-order chi connectivity index (χ1) is 6.10. The number of hydrogen-bond acceptors (Lipinski definition) is 2. The van der Waals surface area contributed by atoms with Crippen LogP contribution in [-0.4, -0.2) is 21.3 Å². The third-order valence-corrected chi connectivity index (χ3v) is 3.96. The van der Waals surface area contributed by atoms with Gasteiger partial charge in [0.2, 0.25) is 0 Å². The molecule has 0 fully saturated rings. The molecular weight excluding hydrogens is 359 g/mol. The molecule has 0 bridgehead atoms. The first-order valence-electron chi connectivity index (χ1n) is 4.51. The van der Waals surface area contributed by atoms with E-state index in [2.05, 4.69) is 66.2 Å². The van der Waals surface area contributed by atoms with Crippen molar-refractivity contribution in [3.8, 4) is 0 Å². The summed E-state index contributed by atoms with van der Waals surface area (Å²) in [7, 11) is 1.42. The highest BCUT2D eigenvalue weighted by molar-refractivity contribution is 14.1. The van der Waals surface area contributed by atoms with Crippen molar-refractivity contribution in [2.24, 2.45) is 5.41 Å². The van der Waals surface area contributed by atoms with Gasteiger partial charge >= 0.3 is 5.97 Å². The standard InChI is InChI=1S/C10H18BrIO2/c1-9(2,6-10(3,4)12)7(11)8(13)14-5/h7H,6H2,1-5H3. The zero-order chi connectivity index (χ0) is 11.6. The van der Waals surface area contributed by atoms with Crippen molar-refractivity contribution in [1.82, 2.24) is 0 Å². The minimum absolute atomic E-state index is 0.0994. The van der Waals surface area contributed by atoms with Crippen molar-refractivity contribution in [2.45, 2.75) is 42.4 Å². The topological polar surface area (TPSA) is 26.3 Å². The van der Waals surface area contributed by atoms with E-state index in [1.54, 1.807) is 0 Å². The third-order valence-electron chi connectivity index (χ3n) is 1.97. The lowest BCUT2D eigenvalue weighted by atomic mass is 9.81. The Morgan fingerprint density at radius 2 is 1.86 bits per heavy atom. The van der Waals surface area contributed by atoms with E-state index >= 15 is 0 Å². The third kappa shape index (κ3) is 4.96. The second-order valence-corrected chi connectivity index (χ2v) is 8.61. The van der Waals surface area contributed by atoms with Crippen LogP contribution >= 0.6 is 38.5 Å². The highest BCUT2D eigenvalue weighted by atomic mass is 127. The van der Waals surface area contributed by atoms with Crippen LogP contribution in [0.1, 0.15) is 34.1 Å². The molecule has 1 atom stereocenters. The number of methoxy groups -OCH3 is 1. The van der Waals surface area contributed by atoms with Gasteiger partial charge in [-0.3, -0.25) is 4.79 Å². The van der Waals surface area contributed by atoms with E-state index in [0.29, 0.717) is 0 Å². The average Bonchev–Trinajstić information content (AvgIpc) is 1.97. The lowest BCUT2D eigenvalue weighted by Crippen LogP contribution is -2.36. The van der Waals surface area contributed by atoms with Gasteiger partial charge in [0.15, 0.2) is 0 Å². The molecule has 0 saturated carbocycles. The second kappa shape index (κ2) is 5.14. The van der Waals surface area contributed by atoms with E-state index in [1.165, 1.54) is 7.11 Å². The largest absolute Gasteiger partial charge is 0.468 e. The molecule has 2 nitrogen and oxygen atoms in total. The molecule has 0 rings (SSSR count).